The van der Waals surface area contributed by atoms with E-state index in [-0.39, 0.29) is 0 Å². The Morgan fingerprint density at radius 1 is 1.18 bits per heavy atom. The Bertz CT molecular complexity index is 377. The summed E-state index contributed by atoms with van der Waals surface area (Å²) in [7, 11) is 0. The summed E-state index contributed by atoms with van der Waals surface area (Å²) in [5.41, 5.74) is 1.06. The van der Waals surface area contributed by atoms with E-state index >= 15 is 0 Å². The summed E-state index contributed by atoms with van der Waals surface area (Å²) >= 11 is 0. The van der Waals surface area contributed by atoms with Crippen LogP contribution in [0.5, 0.6) is 0 Å². The Morgan fingerprint density at radius 3 is 2.91 bits per heavy atom. The average Bonchev–Trinajstić information content (AvgIpc) is 2.06. The van der Waals surface area contributed by atoms with E-state index in [0.717, 1.165) is 11.1 Å². The molecule has 0 spiro atoms. The van der Waals surface area contributed by atoms with E-state index in [1.54, 1.807) is 12.4 Å². The van der Waals surface area contributed by atoms with Crippen LogP contribution in [-0.2, 0) is 0 Å². The predicted octanol–water partition coefficient (Wildman–Crippen LogP) is 1.94. The third kappa shape index (κ3) is 0.963. The highest BCUT2D eigenvalue weighted by molar-refractivity contribution is 5.82. The fourth-order valence-corrected chi connectivity index (χ4v) is 1.17. The van der Waals surface area contributed by atoms with Crippen LogP contribution in [0.1, 0.15) is 5.69 Å². The van der Waals surface area contributed by atoms with Crippen LogP contribution in [0.15, 0.2) is 30.7 Å². The van der Waals surface area contributed by atoms with Crippen molar-refractivity contribution in [1.82, 2.24) is 9.97 Å². The summed E-state index contributed by atoms with van der Waals surface area (Å²) in [5.74, 6) is 0. The minimum Gasteiger partial charge on any atom is -0.264 e. The van der Waals surface area contributed by atoms with Gasteiger partial charge in [-0.25, -0.2) is 0 Å². The zero-order valence-electron chi connectivity index (χ0n) is 6.28. The van der Waals surface area contributed by atoms with E-state index in [1.165, 1.54) is 5.39 Å². The fraction of sp³-hybridized carbons (Fsp3) is 0.111. The first kappa shape index (κ1) is 6.28. The first-order valence-electron chi connectivity index (χ1n) is 3.53. The monoisotopic (exact) mass is 144 g/mol. The van der Waals surface area contributed by atoms with Crippen molar-refractivity contribution >= 4 is 10.8 Å². The maximum absolute atomic E-state index is 4.18. The molecule has 2 heterocycles. The SMILES string of the molecule is Cc1nccc2cnccc12. The molecule has 0 aliphatic carbocycles. The Morgan fingerprint density at radius 2 is 2.09 bits per heavy atom. The molecule has 0 N–H and O–H groups in total. The van der Waals surface area contributed by atoms with Gasteiger partial charge in [-0.15, -0.1) is 0 Å². The second-order valence-electron chi connectivity index (χ2n) is 2.49. The summed E-state index contributed by atoms with van der Waals surface area (Å²) in [6, 6.07) is 3.95. The fourth-order valence-electron chi connectivity index (χ4n) is 1.17. The van der Waals surface area contributed by atoms with Crippen molar-refractivity contribution in [2.24, 2.45) is 0 Å². The summed E-state index contributed by atoms with van der Waals surface area (Å²) in [4.78, 5) is 8.21. The Kier molecular flexibility index (Phi) is 1.32. The average molecular weight is 144 g/mol. The normalized spacial score (nSPS) is 10.3. The minimum atomic E-state index is 1.06. The van der Waals surface area contributed by atoms with E-state index in [4.69, 9.17) is 0 Å². The van der Waals surface area contributed by atoms with Crippen LogP contribution in [0.25, 0.3) is 10.8 Å². The van der Waals surface area contributed by atoms with Gasteiger partial charge >= 0.3 is 0 Å². The summed E-state index contributed by atoms with van der Waals surface area (Å²) < 4.78 is 0. The van der Waals surface area contributed by atoms with E-state index in [1.807, 2.05) is 25.3 Å². The zero-order valence-corrected chi connectivity index (χ0v) is 6.28. The molecule has 11 heavy (non-hydrogen) atoms. The molecule has 0 saturated heterocycles. The molecule has 0 unspecified atom stereocenters. The number of aromatic nitrogens is 2. The molecule has 0 bridgehead atoms. The van der Waals surface area contributed by atoms with Gasteiger partial charge in [0.05, 0.1) is 0 Å². The van der Waals surface area contributed by atoms with Crippen LogP contribution in [0, 0.1) is 6.92 Å². The molecule has 2 aromatic heterocycles. The van der Waals surface area contributed by atoms with Gasteiger partial charge in [0, 0.05) is 35.1 Å². The Hall–Kier alpha value is -1.44. The van der Waals surface area contributed by atoms with Gasteiger partial charge in [0.25, 0.3) is 0 Å². The number of rotatable bonds is 0. The molecule has 2 nitrogen and oxygen atoms in total. The highest BCUT2D eigenvalue weighted by Crippen LogP contribution is 2.12. The molecule has 0 radical (unpaired) electrons. The molecule has 2 aromatic rings. The standard InChI is InChI=1S/C9H8N2/c1-7-9-3-4-10-6-8(9)2-5-11-7/h2-6H,1H3. The Balaban J connectivity index is 2.91. The van der Waals surface area contributed by atoms with Gasteiger partial charge in [0.2, 0.25) is 0 Å². The van der Waals surface area contributed by atoms with Crippen LogP contribution in [0.3, 0.4) is 0 Å². The van der Waals surface area contributed by atoms with Gasteiger partial charge in [-0.1, -0.05) is 0 Å². The van der Waals surface area contributed by atoms with Gasteiger partial charge in [0.15, 0.2) is 0 Å². The van der Waals surface area contributed by atoms with Crippen LogP contribution < -0.4 is 0 Å². The largest absolute Gasteiger partial charge is 0.264 e. The topological polar surface area (TPSA) is 25.8 Å². The molecule has 0 atom stereocenters. The molecular formula is C9H8N2. The van der Waals surface area contributed by atoms with Crippen LogP contribution in [0.2, 0.25) is 0 Å². The van der Waals surface area contributed by atoms with Gasteiger partial charge in [-0.2, -0.15) is 0 Å². The van der Waals surface area contributed by atoms with E-state index in [2.05, 4.69) is 9.97 Å². The molecular weight excluding hydrogens is 136 g/mol. The van der Waals surface area contributed by atoms with Crippen molar-refractivity contribution in [1.29, 1.82) is 0 Å². The lowest BCUT2D eigenvalue weighted by molar-refractivity contribution is 1.23. The van der Waals surface area contributed by atoms with Crippen molar-refractivity contribution in [3.05, 3.63) is 36.4 Å². The van der Waals surface area contributed by atoms with Crippen molar-refractivity contribution < 1.29 is 0 Å². The summed E-state index contributed by atoms with van der Waals surface area (Å²) in [5, 5.41) is 2.34. The molecule has 2 heteroatoms. The first-order chi connectivity index (χ1) is 5.38. The number of hydrogen-bond donors (Lipinski definition) is 0. The maximum Gasteiger partial charge on any atom is 0.0452 e. The maximum atomic E-state index is 4.18. The molecule has 0 fully saturated rings. The van der Waals surface area contributed by atoms with Crippen LogP contribution in [0.4, 0.5) is 0 Å². The predicted molar refractivity (Wildman–Crippen MR) is 44.3 cm³/mol. The molecule has 54 valence electrons. The number of hydrogen-bond acceptors (Lipinski definition) is 2. The second-order valence-corrected chi connectivity index (χ2v) is 2.49. The van der Waals surface area contributed by atoms with E-state index < -0.39 is 0 Å². The zero-order chi connectivity index (χ0) is 7.68. The van der Waals surface area contributed by atoms with Crippen molar-refractivity contribution in [3.63, 3.8) is 0 Å². The smallest absolute Gasteiger partial charge is 0.0452 e. The van der Waals surface area contributed by atoms with Crippen molar-refractivity contribution in [2.45, 2.75) is 6.92 Å². The van der Waals surface area contributed by atoms with Crippen molar-refractivity contribution in [2.75, 3.05) is 0 Å². The molecule has 0 saturated carbocycles. The quantitative estimate of drug-likeness (QED) is 0.564. The lowest BCUT2D eigenvalue weighted by Gasteiger charge is -1.97. The van der Waals surface area contributed by atoms with Gasteiger partial charge < -0.3 is 0 Å². The van der Waals surface area contributed by atoms with E-state index in [9.17, 15) is 0 Å². The minimum absolute atomic E-state index is 1.06. The van der Waals surface area contributed by atoms with Crippen LogP contribution >= 0.6 is 0 Å². The molecule has 0 aromatic carbocycles. The summed E-state index contributed by atoms with van der Waals surface area (Å²) in [6.45, 7) is 2.00. The van der Waals surface area contributed by atoms with Gasteiger partial charge in [0.1, 0.15) is 0 Å². The lowest BCUT2D eigenvalue weighted by Crippen LogP contribution is -1.82. The molecule has 2 rings (SSSR count). The summed E-state index contributed by atoms with van der Waals surface area (Å²) in [6.07, 6.45) is 5.44. The molecule has 0 aliphatic rings. The second kappa shape index (κ2) is 2.31. The van der Waals surface area contributed by atoms with Gasteiger partial charge in [-0.3, -0.25) is 9.97 Å². The van der Waals surface area contributed by atoms with Gasteiger partial charge in [-0.05, 0) is 19.1 Å². The van der Waals surface area contributed by atoms with Crippen molar-refractivity contribution in [3.8, 4) is 0 Å². The third-order valence-corrected chi connectivity index (χ3v) is 1.76. The molecule has 0 amide bonds. The highest BCUT2D eigenvalue weighted by atomic mass is 14.7. The van der Waals surface area contributed by atoms with E-state index in [0.29, 0.717) is 0 Å². The number of fused-ring (bicyclic) bond motifs is 1. The number of aryl methyl sites for hydroxylation is 1. The molecule has 0 aliphatic heterocycles. The third-order valence-electron chi connectivity index (χ3n) is 1.76. The Labute approximate surface area is 64.9 Å². The first-order valence-corrected chi connectivity index (χ1v) is 3.53. The van der Waals surface area contributed by atoms with Crippen LogP contribution in [-0.4, -0.2) is 9.97 Å². The number of nitrogens with zero attached hydrogens (tertiary/aromatic N) is 2. The highest BCUT2D eigenvalue weighted by Gasteiger charge is 1.94. The number of pyridine rings is 2. The lowest BCUT2D eigenvalue weighted by atomic mass is 10.2.